The number of hydrogen-bond acceptors (Lipinski definition) is 3. The van der Waals surface area contributed by atoms with Crippen LogP contribution in [-0.4, -0.2) is 48.5 Å². The Bertz CT molecular complexity index is 476. The zero-order chi connectivity index (χ0) is 14.7. The molecule has 1 amide bonds. The van der Waals surface area contributed by atoms with E-state index >= 15 is 0 Å². The Morgan fingerprint density at radius 3 is 2.48 bits per heavy atom. The smallest absolute Gasteiger partial charge is 0.236 e. The van der Waals surface area contributed by atoms with Crippen molar-refractivity contribution < 1.29 is 9.53 Å². The molecule has 1 heterocycles. The van der Waals surface area contributed by atoms with Gasteiger partial charge in [-0.25, -0.2) is 0 Å². The zero-order valence-corrected chi connectivity index (χ0v) is 12.8. The Hall–Kier alpha value is -1.55. The predicted octanol–water partition coefficient (Wildman–Crippen LogP) is 2.28. The van der Waals surface area contributed by atoms with Crippen molar-refractivity contribution >= 4 is 5.91 Å². The van der Waals surface area contributed by atoms with E-state index in [-0.39, 0.29) is 0 Å². The molecule has 1 aliphatic carbocycles. The predicted molar refractivity (Wildman–Crippen MR) is 82.2 cm³/mol. The van der Waals surface area contributed by atoms with Gasteiger partial charge >= 0.3 is 0 Å². The molecule has 1 aliphatic heterocycles. The number of hydrogen-bond donors (Lipinski definition) is 0. The van der Waals surface area contributed by atoms with Crippen LogP contribution in [0.5, 0.6) is 5.75 Å². The third-order valence-electron chi connectivity index (χ3n) is 4.41. The minimum absolute atomic E-state index is 0.299. The van der Waals surface area contributed by atoms with E-state index in [9.17, 15) is 4.79 Å². The van der Waals surface area contributed by atoms with E-state index in [0.717, 1.165) is 38.2 Å². The Balaban J connectivity index is 1.59. The van der Waals surface area contributed by atoms with Crippen LogP contribution in [0.4, 0.5) is 0 Å². The van der Waals surface area contributed by atoms with E-state index in [2.05, 4.69) is 17.0 Å². The molecule has 4 heteroatoms. The van der Waals surface area contributed by atoms with E-state index in [1.807, 2.05) is 17.0 Å². The summed E-state index contributed by atoms with van der Waals surface area (Å²) in [5.41, 5.74) is 1.25. The first kappa shape index (κ1) is 14.4. The van der Waals surface area contributed by atoms with Gasteiger partial charge in [-0.15, -0.1) is 0 Å². The molecule has 1 aromatic rings. The van der Waals surface area contributed by atoms with E-state index < -0.39 is 0 Å². The lowest BCUT2D eigenvalue weighted by atomic mass is 10.2. The van der Waals surface area contributed by atoms with Crippen LogP contribution in [0.15, 0.2) is 24.3 Å². The fourth-order valence-electron chi connectivity index (χ4n) is 2.96. The Labute approximate surface area is 126 Å². The van der Waals surface area contributed by atoms with Crippen molar-refractivity contribution in [1.29, 1.82) is 0 Å². The third kappa shape index (κ3) is 3.76. The molecule has 0 radical (unpaired) electrons. The molecule has 21 heavy (non-hydrogen) atoms. The van der Waals surface area contributed by atoms with Crippen LogP contribution in [-0.2, 0) is 11.3 Å². The normalized spacial score (nSPS) is 18.3. The lowest BCUT2D eigenvalue weighted by Gasteiger charge is -2.24. The Morgan fingerprint density at radius 2 is 1.90 bits per heavy atom. The number of ether oxygens (including phenoxy) is 1. The highest BCUT2D eigenvalue weighted by molar-refractivity contribution is 5.78. The van der Waals surface area contributed by atoms with Crippen molar-refractivity contribution in [1.82, 2.24) is 9.80 Å². The van der Waals surface area contributed by atoms with Gasteiger partial charge in [-0.1, -0.05) is 12.1 Å². The first-order valence-corrected chi connectivity index (χ1v) is 7.91. The van der Waals surface area contributed by atoms with Gasteiger partial charge in [-0.3, -0.25) is 9.69 Å². The second-order valence-corrected chi connectivity index (χ2v) is 6.07. The zero-order valence-electron chi connectivity index (χ0n) is 12.8. The van der Waals surface area contributed by atoms with E-state index in [4.69, 9.17) is 4.74 Å². The van der Waals surface area contributed by atoms with Crippen LogP contribution in [0.3, 0.4) is 0 Å². The fraction of sp³-hybridized carbons (Fsp3) is 0.588. The second kappa shape index (κ2) is 6.48. The second-order valence-electron chi connectivity index (χ2n) is 6.07. The molecular formula is C17H24N2O2. The van der Waals surface area contributed by atoms with Crippen molar-refractivity contribution in [2.75, 3.05) is 26.7 Å². The highest BCUT2D eigenvalue weighted by Crippen LogP contribution is 2.28. The average molecular weight is 288 g/mol. The van der Waals surface area contributed by atoms with Gasteiger partial charge in [-0.2, -0.15) is 0 Å². The average Bonchev–Trinajstić information content (AvgIpc) is 3.21. The minimum atomic E-state index is 0.299. The number of amides is 1. The number of likely N-dealkylation sites (tertiary alicyclic amines) is 1. The highest BCUT2D eigenvalue weighted by atomic mass is 16.5. The maximum atomic E-state index is 12.3. The summed E-state index contributed by atoms with van der Waals surface area (Å²) >= 11 is 0. The van der Waals surface area contributed by atoms with Gasteiger partial charge in [0.1, 0.15) is 5.75 Å². The molecule has 0 atom stereocenters. The first-order chi connectivity index (χ1) is 10.3. The molecular weight excluding hydrogens is 264 g/mol. The summed E-state index contributed by atoms with van der Waals surface area (Å²) in [6, 6.07) is 8.76. The number of carbonyl (C=O) groups excluding carboxylic acids is 1. The lowest BCUT2D eigenvalue weighted by Crippen LogP contribution is -2.39. The molecule has 2 fully saturated rings. The monoisotopic (exact) mass is 288 g/mol. The van der Waals surface area contributed by atoms with Crippen LogP contribution >= 0.6 is 0 Å². The number of methoxy groups -OCH3 is 1. The molecule has 2 aliphatic rings. The number of nitrogens with zero attached hydrogens (tertiary/aromatic N) is 2. The quantitative estimate of drug-likeness (QED) is 0.805. The Morgan fingerprint density at radius 1 is 1.24 bits per heavy atom. The van der Waals surface area contributed by atoms with E-state index in [0.29, 0.717) is 18.5 Å². The van der Waals surface area contributed by atoms with Crippen molar-refractivity contribution in [2.45, 2.75) is 38.3 Å². The molecule has 0 aromatic heterocycles. The van der Waals surface area contributed by atoms with E-state index in [1.54, 1.807) is 7.11 Å². The number of rotatable bonds is 6. The summed E-state index contributed by atoms with van der Waals surface area (Å²) in [7, 11) is 1.68. The van der Waals surface area contributed by atoms with Crippen LogP contribution in [0, 0.1) is 0 Å². The molecule has 1 saturated heterocycles. The lowest BCUT2D eigenvalue weighted by molar-refractivity contribution is -0.131. The Kier molecular flexibility index (Phi) is 4.44. The van der Waals surface area contributed by atoms with Crippen LogP contribution < -0.4 is 4.74 Å². The molecule has 0 spiro atoms. The minimum Gasteiger partial charge on any atom is -0.497 e. The van der Waals surface area contributed by atoms with Gasteiger partial charge in [0.15, 0.2) is 0 Å². The molecule has 4 nitrogen and oxygen atoms in total. The molecule has 1 aromatic carbocycles. The van der Waals surface area contributed by atoms with Crippen molar-refractivity contribution in [3.8, 4) is 5.75 Å². The largest absolute Gasteiger partial charge is 0.497 e. The third-order valence-corrected chi connectivity index (χ3v) is 4.41. The van der Waals surface area contributed by atoms with Gasteiger partial charge in [0.25, 0.3) is 0 Å². The van der Waals surface area contributed by atoms with Crippen LogP contribution in [0.2, 0.25) is 0 Å². The maximum Gasteiger partial charge on any atom is 0.236 e. The fourth-order valence-corrected chi connectivity index (χ4v) is 2.96. The van der Waals surface area contributed by atoms with Gasteiger partial charge in [-0.05, 0) is 43.4 Å². The summed E-state index contributed by atoms with van der Waals surface area (Å²) in [4.78, 5) is 16.7. The summed E-state index contributed by atoms with van der Waals surface area (Å²) in [5, 5.41) is 0. The van der Waals surface area contributed by atoms with Crippen molar-refractivity contribution in [2.24, 2.45) is 0 Å². The summed E-state index contributed by atoms with van der Waals surface area (Å²) in [5.74, 6) is 1.18. The van der Waals surface area contributed by atoms with Crippen LogP contribution in [0.1, 0.15) is 31.2 Å². The highest BCUT2D eigenvalue weighted by Gasteiger charge is 2.31. The van der Waals surface area contributed by atoms with Crippen molar-refractivity contribution in [3.05, 3.63) is 29.8 Å². The molecule has 0 bridgehead atoms. The molecule has 1 saturated carbocycles. The summed E-state index contributed by atoms with van der Waals surface area (Å²) < 4.78 is 5.19. The molecule has 0 N–H and O–H groups in total. The summed E-state index contributed by atoms with van der Waals surface area (Å²) in [6.45, 7) is 3.31. The SMILES string of the molecule is COc1ccc(CN(CC(=O)N2CCCC2)C2CC2)cc1. The number of carbonyl (C=O) groups is 1. The molecule has 0 unspecified atom stereocenters. The van der Waals surface area contributed by atoms with Gasteiger partial charge in [0, 0.05) is 25.7 Å². The van der Waals surface area contributed by atoms with Gasteiger partial charge in [0.05, 0.1) is 13.7 Å². The summed E-state index contributed by atoms with van der Waals surface area (Å²) in [6.07, 6.45) is 4.77. The first-order valence-electron chi connectivity index (χ1n) is 7.91. The van der Waals surface area contributed by atoms with Crippen molar-refractivity contribution in [3.63, 3.8) is 0 Å². The van der Waals surface area contributed by atoms with Crippen LogP contribution in [0.25, 0.3) is 0 Å². The maximum absolute atomic E-state index is 12.3. The standard InChI is InChI=1S/C17H24N2O2/c1-21-16-8-4-14(5-9-16)12-19(15-6-7-15)13-17(20)18-10-2-3-11-18/h4-5,8-9,15H,2-3,6-7,10-13H2,1H3. The molecule has 114 valence electrons. The topological polar surface area (TPSA) is 32.8 Å². The van der Waals surface area contributed by atoms with Gasteiger partial charge < -0.3 is 9.64 Å². The van der Waals surface area contributed by atoms with E-state index in [1.165, 1.54) is 18.4 Å². The van der Waals surface area contributed by atoms with Gasteiger partial charge in [0.2, 0.25) is 5.91 Å². The number of benzene rings is 1. The molecule has 3 rings (SSSR count).